The van der Waals surface area contributed by atoms with Crippen molar-refractivity contribution in [2.45, 2.75) is 13.3 Å². The van der Waals surface area contributed by atoms with Gasteiger partial charge in [-0.2, -0.15) is 0 Å². The molecule has 0 aliphatic carbocycles. The van der Waals surface area contributed by atoms with E-state index >= 15 is 0 Å². The van der Waals surface area contributed by atoms with E-state index < -0.39 is 10.8 Å². The van der Waals surface area contributed by atoms with Crippen LogP contribution >= 0.6 is 12.2 Å². The van der Waals surface area contributed by atoms with E-state index in [-0.39, 0.29) is 35.6 Å². The van der Waals surface area contributed by atoms with Crippen LogP contribution in [0.5, 0.6) is 0 Å². The maximum absolute atomic E-state index is 12.4. The van der Waals surface area contributed by atoms with E-state index in [0.29, 0.717) is 5.69 Å². The van der Waals surface area contributed by atoms with Gasteiger partial charge in [-0.1, -0.05) is 24.3 Å². The number of amides is 2. The van der Waals surface area contributed by atoms with Gasteiger partial charge in [0.1, 0.15) is 0 Å². The molecule has 10 heteroatoms. The summed E-state index contributed by atoms with van der Waals surface area (Å²) < 4.78 is 0. The number of carbonyl (C=O) groups excluding carboxylic acids is 2. The van der Waals surface area contributed by atoms with Gasteiger partial charge >= 0.3 is 0 Å². The molecular formula is C19H19N5O4S. The maximum Gasteiger partial charge on any atom is 0.271 e. The summed E-state index contributed by atoms with van der Waals surface area (Å²) in [5.74, 6) is -1.26. The molecule has 1 aliphatic rings. The Bertz CT molecular complexity index is 966. The minimum absolute atomic E-state index is 0.00845. The number of nitro groups is 1. The second-order valence-corrected chi connectivity index (χ2v) is 6.98. The molecule has 1 atom stereocenters. The first-order valence-corrected chi connectivity index (χ1v) is 9.23. The Morgan fingerprint density at radius 2 is 1.93 bits per heavy atom. The summed E-state index contributed by atoms with van der Waals surface area (Å²) in [6.07, 6.45) is 0.00845. The van der Waals surface area contributed by atoms with Gasteiger partial charge in [-0.3, -0.25) is 30.6 Å². The first-order chi connectivity index (χ1) is 13.8. The van der Waals surface area contributed by atoms with Gasteiger partial charge < -0.3 is 10.2 Å². The predicted octanol–water partition coefficient (Wildman–Crippen LogP) is 2.27. The lowest BCUT2D eigenvalue weighted by Gasteiger charge is -2.19. The molecule has 2 aromatic carbocycles. The SMILES string of the molecule is Cc1ccc([N+](=O)[O-])cc1N1CC(C(=O)NNC(=S)Nc2ccccc2)CC1=O. The Morgan fingerprint density at radius 1 is 1.21 bits per heavy atom. The van der Waals surface area contributed by atoms with Gasteiger partial charge in [0.05, 0.1) is 16.5 Å². The molecule has 29 heavy (non-hydrogen) atoms. The summed E-state index contributed by atoms with van der Waals surface area (Å²) in [5, 5.41) is 14.2. The number of hydrogen-bond donors (Lipinski definition) is 3. The molecule has 1 fully saturated rings. The number of carbonyl (C=O) groups is 2. The lowest BCUT2D eigenvalue weighted by atomic mass is 10.1. The minimum atomic E-state index is -0.604. The summed E-state index contributed by atoms with van der Waals surface area (Å²) in [6.45, 7) is 1.89. The maximum atomic E-state index is 12.4. The Hall–Kier alpha value is -3.53. The fourth-order valence-electron chi connectivity index (χ4n) is 3.02. The molecule has 0 saturated carbocycles. The molecule has 2 amide bonds. The number of rotatable bonds is 4. The zero-order valence-corrected chi connectivity index (χ0v) is 16.4. The van der Waals surface area contributed by atoms with Crippen LogP contribution in [0.4, 0.5) is 17.1 Å². The van der Waals surface area contributed by atoms with E-state index in [1.165, 1.54) is 17.0 Å². The van der Waals surface area contributed by atoms with Gasteiger partial charge in [-0.15, -0.1) is 0 Å². The highest BCUT2D eigenvalue weighted by atomic mass is 32.1. The molecule has 0 aromatic heterocycles. The van der Waals surface area contributed by atoms with Crippen LogP contribution in [0, 0.1) is 23.0 Å². The van der Waals surface area contributed by atoms with E-state index in [4.69, 9.17) is 12.2 Å². The topological polar surface area (TPSA) is 117 Å². The highest BCUT2D eigenvalue weighted by Crippen LogP contribution is 2.31. The lowest BCUT2D eigenvalue weighted by Crippen LogP contribution is -2.46. The average Bonchev–Trinajstić information content (AvgIpc) is 3.08. The Balaban J connectivity index is 1.60. The molecule has 3 rings (SSSR count). The third kappa shape index (κ3) is 4.85. The number of benzene rings is 2. The molecule has 3 N–H and O–H groups in total. The number of hydrazine groups is 1. The van der Waals surface area contributed by atoms with Crippen molar-refractivity contribution in [2.75, 3.05) is 16.8 Å². The van der Waals surface area contributed by atoms with Crippen LogP contribution in [0.25, 0.3) is 0 Å². The van der Waals surface area contributed by atoms with Crippen molar-refractivity contribution < 1.29 is 14.5 Å². The molecule has 0 radical (unpaired) electrons. The highest BCUT2D eigenvalue weighted by molar-refractivity contribution is 7.80. The van der Waals surface area contributed by atoms with Crippen LogP contribution in [0.1, 0.15) is 12.0 Å². The van der Waals surface area contributed by atoms with Crippen molar-refractivity contribution in [3.8, 4) is 0 Å². The largest absolute Gasteiger partial charge is 0.331 e. The van der Waals surface area contributed by atoms with Crippen LogP contribution in [-0.2, 0) is 9.59 Å². The summed E-state index contributed by atoms with van der Waals surface area (Å²) >= 11 is 5.13. The average molecular weight is 413 g/mol. The van der Waals surface area contributed by atoms with Crippen LogP contribution in [0.15, 0.2) is 48.5 Å². The minimum Gasteiger partial charge on any atom is -0.331 e. The van der Waals surface area contributed by atoms with Crippen LogP contribution in [0.3, 0.4) is 0 Å². The number of non-ortho nitro benzene ring substituents is 1. The van der Waals surface area contributed by atoms with E-state index in [9.17, 15) is 19.7 Å². The van der Waals surface area contributed by atoms with Crippen LogP contribution < -0.4 is 21.1 Å². The van der Waals surface area contributed by atoms with Crippen LogP contribution in [0.2, 0.25) is 0 Å². The van der Waals surface area contributed by atoms with Crippen molar-refractivity contribution in [1.82, 2.24) is 10.9 Å². The molecular weight excluding hydrogens is 394 g/mol. The molecule has 0 bridgehead atoms. The molecule has 0 spiro atoms. The Morgan fingerprint density at radius 3 is 2.62 bits per heavy atom. The Kier molecular flexibility index (Phi) is 6.03. The number of thiocarbonyl (C=S) groups is 1. The van der Waals surface area contributed by atoms with Gasteiger partial charge in [-0.05, 0) is 36.8 Å². The normalized spacial score (nSPS) is 15.7. The number of aryl methyl sites for hydroxylation is 1. The van der Waals surface area contributed by atoms with Crippen molar-refractivity contribution in [3.63, 3.8) is 0 Å². The molecule has 1 aliphatic heterocycles. The molecule has 1 unspecified atom stereocenters. The molecule has 9 nitrogen and oxygen atoms in total. The first kappa shape index (κ1) is 20.2. The second kappa shape index (κ2) is 8.65. The second-order valence-electron chi connectivity index (χ2n) is 6.57. The molecule has 1 heterocycles. The van der Waals surface area contributed by atoms with Crippen molar-refractivity contribution in [3.05, 3.63) is 64.2 Å². The molecule has 150 valence electrons. The summed E-state index contributed by atoms with van der Waals surface area (Å²) in [7, 11) is 0. The van der Waals surface area contributed by atoms with Gasteiger partial charge in [0.2, 0.25) is 11.8 Å². The Labute approximate surface area is 172 Å². The van der Waals surface area contributed by atoms with Crippen molar-refractivity contribution in [1.29, 1.82) is 0 Å². The number of hydrogen-bond acceptors (Lipinski definition) is 5. The number of anilines is 2. The third-order valence-electron chi connectivity index (χ3n) is 4.52. The summed E-state index contributed by atoms with van der Waals surface area (Å²) in [6, 6.07) is 13.5. The predicted molar refractivity (Wildman–Crippen MR) is 112 cm³/mol. The number of nitro benzene ring substituents is 1. The van der Waals surface area contributed by atoms with Crippen molar-refractivity contribution >= 4 is 46.2 Å². The fourth-order valence-corrected chi connectivity index (χ4v) is 3.19. The van der Waals surface area contributed by atoms with Crippen LogP contribution in [-0.4, -0.2) is 28.4 Å². The van der Waals surface area contributed by atoms with E-state index in [1.54, 1.807) is 13.0 Å². The smallest absolute Gasteiger partial charge is 0.271 e. The van der Waals surface area contributed by atoms with Gasteiger partial charge in [-0.25, -0.2) is 0 Å². The zero-order valence-electron chi connectivity index (χ0n) is 15.5. The molecule has 2 aromatic rings. The lowest BCUT2D eigenvalue weighted by molar-refractivity contribution is -0.384. The monoisotopic (exact) mass is 413 g/mol. The number of nitrogens with zero attached hydrogens (tertiary/aromatic N) is 2. The quantitative estimate of drug-likeness (QED) is 0.400. The van der Waals surface area contributed by atoms with E-state index in [1.807, 2.05) is 30.3 Å². The third-order valence-corrected chi connectivity index (χ3v) is 4.73. The summed E-state index contributed by atoms with van der Waals surface area (Å²) in [5.41, 5.74) is 6.93. The summed E-state index contributed by atoms with van der Waals surface area (Å²) in [4.78, 5) is 36.8. The zero-order chi connectivity index (χ0) is 21.0. The first-order valence-electron chi connectivity index (χ1n) is 8.82. The van der Waals surface area contributed by atoms with Gasteiger partial charge in [0, 0.05) is 30.8 Å². The standard InChI is InChI=1S/C19H19N5O4S/c1-12-7-8-15(24(27)28)10-16(12)23-11-13(9-17(23)25)18(26)21-22-19(29)20-14-5-3-2-4-6-14/h2-8,10,13H,9,11H2,1H3,(H,21,26)(H2,20,22,29). The molecule has 1 saturated heterocycles. The van der Waals surface area contributed by atoms with E-state index in [0.717, 1.165) is 11.3 Å². The van der Waals surface area contributed by atoms with Crippen molar-refractivity contribution in [2.24, 2.45) is 5.92 Å². The van der Waals surface area contributed by atoms with E-state index in [2.05, 4.69) is 16.2 Å². The van der Waals surface area contributed by atoms with Gasteiger partial charge in [0.15, 0.2) is 5.11 Å². The number of para-hydroxylation sites is 1. The van der Waals surface area contributed by atoms with Gasteiger partial charge in [0.25, 0.3) is 5.69 Å². The highest BCUT2D eigenvalue weighted by Gasteiger charge is 2.36. The number of nitrogens with one attached hydrogen (secondary N) is 3. The fraction of sp³-hybridized carbons (Fsp3) is 0.211.